The topological polar surface area (TPSA) is 0 Å². The second-order valence-electron chi connectivity index (χ2n) is 17.4. The van der Waals surface area contributed by atoms with Gasteiger partial charge in [0.15, 0.2) is 0 Å². The number of hydrogen-bond acceptors (Lipinski definition) is 0. The van der Waals surface area contributed by atoms with Crippen LogP contribution in [0.15, 0.2) is 96.1 Å². The van der Waals surface area contributed by atoms with Gasteiger partial charge >= 0.3 is 340 Å². The summed E-state index contributed by atoms with van der Waals surface area (Å²) in [5, 5.41) is 5.10. The van der Waals surface area contributed by atoms with Gasteiger partial charge in [0.25, 0.3) is 0 Å². The van der Waals surface area contributed by atoms with E-state index in [1.165, 1.54) is 111 Å². The number of benzene rings is 6. The van der Waals surface area contributed by atoms with Crippen LogP contribution < -0.4 is 0 Å². The van der Waals surface area contributed by atoms with Crippen LogP contribution in [0.2, 0.25) is 4.13 Å². The molecule has 2 aliphatic carbocycles. The van der Waals surface area contributed by atoms with Crippen molar-refractivity contribution in [2.75, 3.05) is 0 Å². The summed E-state index contributed by atoms with van der Waals surface area (Å²) in [5.41, 5.74) is 21.6. The van der Waals surface area contributed by atoms with Crippen LogP contribution in [0.5, 0.6) is 0 Å². The van der Waals surface area contributed by atoms with Gasteiger partial charge in [-0.2, -0.15) is 0 Å². The maximum absolute atomic E-state index is 8.93. The molecule has 0 saturated heterocycles. The van der Waals surface area contributed by atoms with Crippen molar-refractivity contribution in [3.8, 4) is 22.3 Å². The molecule has 0 aliphatic heterocycles. The van der Waals surface area contributed by atoms with Crippen molar-refractivity contribution in [1.82, 2.24) is 0 Å². The van der Waals surface area contributed by atoms with Crippen LogP contribution in [0, 0.1) is 53.4 Å². The first-order valence-electron chi connectivity index (χ1n) is 20.4. The van der Waals surface area contributed by atoms with Crippen LogP contribution in [-0.4, -0.2) is 0 Å². The van der Waals surface area contributed by atoms with Gasteiger partial charge in [0.2, 0.25) is 0 Å². The van der Waals surface area contributed by atoms with Crippen molar-refractivity contribution >= 4 is 50.7 Å². The molecule has 0 saturated carbocycles. The normalized spacial score (nSPS) is 17.5. The zero-order chi connectivity index (χ0) is 39.3. The molecule has 0 fully saturated rings. The second-order valence-corrected chi connectivity index (χ2v) is 40.3. The van der Waals surface area contributed by atoms with Gasteiger partial charge in [0, 0.05) is 0 Å². The summed E-state index contributed by atoms with van der Waals surface area (Å²) in [6.45, 7) is 25.7. The third-order valence-electron chi connectivity index (χ3n) is 14.1. The predicted molar refractivity (Wildman–Crippen MR) is 240 cm³/mol. The molecular weight excluding hydrogens is 787 g/mol. The van der Waals surface area contributed by atoms with E-state index < -0.39 is 16.4 Å². The summed E-state index contributed by atoms with van der Waals surface area (Å²) in [6.07, 6.45) is 5.08. The third kappa shape index (κ3) is 5.61. The average molecular weight is 842 g/mol. The van der Waals surface area contributed by atoms with Gasteiger partial charge in [0.1, 0.15) is 0 Å². The molecule has 0 nitrogen and oxygen atoms in total. The molecule has 0 amide bonds. The van der Waals surface area contributed by atoms with Gasteiger partial charge in [0.05, 0.1) is 0 Å². The van der Waals surface area contributed by atoms with Crippen molar-refractivity contribution in [1.29, 1.82) is 0 Å². The van der Waals surface area contributed by atoms with Crippen LogP contribution in [0.1, 0.15) is 97.5 Å². The van der Waals surface area contributed by atoms with E-state index in [0.717, 1.165) is 4.13 Å². The minimum atomic E-state index is -5.16. The molecular formula is C52H55Cl2Zr. The summed E-state index contributed by atoms with van der Waals surface area (Å²) in [5.74, 6) is 0.572. The summed E-state index contributed by atoms with van der Waals surface area (Å²) >= 11 is -5.16. The maximum atomic E-state index is 8.93. The molecule has 8 rings (SSSR count). The van der Waals surface area contributed by atoms with E-state index in [9.17, 15) is 0 Å². The number of allylic oxidation sites excluding steroid dienone is 2. The van der Waals surface area contributed by atoms with Crippen LogP contribution in [-0.2, 0) is 16.4 Å². The summed E-state index contributed by atoms with van der Waals surface area (Å²) in [6, 6.07) is 31.2. The SMILES string of the molecule is C[CH2][Zr]([Cl])([Cl])([CH]1C(C(C)C)=Cc2c(-c3cccc4ccccc34)c(C)c(C)c(C)c21)[CH]1C(C(C)C)=Cc2c(-c3cccc4ccccc34)c(C)c(C)c(C)c21. The molecule has 2 unspecified atom stereocenters. The van der Waals surface area contributed by atoms with Crippen LogP contribution in [0.4, 0.5) is 0 Å². The van der Waals surface area contributed by atoms with Crippen LogP contribution >= 0.6 is 17.0 Å². The summed E-state index contributed by atoms with van der Waals surface area (Å²) < 4.78 is 0.759. The number of fused-ring (bicyclic) bond motifs is 4. The summed E-state index contributed by atoms with van der Waals surface area (Å²) in [4.78, 5) is 0. The number of halogens is 2. The number of hydrogen-bond donors (Lipinski definition) is 0. The Morgan fingerprint density at radius 2 is 0.855 bits per heavy atom. The molecule has 0 bridgehead atoms. The predicted octanol–water partition coefficient (Wildman–Crippen LogP) is 16.5. The second kappa shape index (κ2) is 13.7. The Hall–Kier alpha value is -3.22. The molecule has 2 aliphatic rings. The third-order valence-corrected chi connectivity index (χ3v) is 34.6. The van der Waals surface area contributed by atoms with Gasteiger partial charge < -0.3 is 0 Å². The minimum absolute atomic E-state index is 0.0158. The quantitative estimate of drug-likeness (QED) is 0.150. The van der Waals surface area contributed by atoms with Crippen molar-refractivity contribution in [3.05, 3.63) is 152 Å². The van der Waals surface area contributed by atoms with Gasteiger partial charge in [-0.05, 0) is 0 Å². The first-order valence-corrected chi connectivity index (χ1v) is 31.3. The molecule has 0 spiro atoms. The molecule has 6 aromatic rings. The van der Waals surface area contributed by atoms with Crippen molar-refractivity contribution < 1.29 is 16.4 Å². The van der Waals surface area contributed by atoms with E-state index in [-0.39, 0.29) is 19.1 Å². The average Bonchev–Trinajstić information content (AvgIpc) is 3.79. The Labute approximate surface area is 337 Å². The zero-order valence-corrected chi connectivity index (χ0v) is 38.5. The first-order chi connectivity index (χ1) is 26.1. The molecule has 0 aromatic heterocycles. The fourth-order valence-corrected chi connectivity index (χ4v) is 29.2. The monoisotopic (exact) mass is 839 g/mol. The molecule has 281 valence electrons. The number of rotatable bonds is 7. The van der Waals surface area contributed by atoms with Crippen molar-refractivity contribution in [2.24, 2.45) is 11.8 Å². The van der Waals surface area contributed by atoms with Crippen molar-refractivity contribution in [3.63, 3.8) is 0 Å². The molecule has 0 N–H and O–H groups in total. The fourth-order valence-electron chi connectivity index (χ4n) is 10.7. The van der Waals surface area contributed by atoms with E-state index in [2.05, 4.69) is 173 Å². The molecule has 6 aromatic carbocycles. The van der Waals surface area contributed by atoms with Gasteiger partial charge in [-0.3, -0.25) is 0 Å². The van der Waals surface area contributed by atoms with E-state index >= 15 is 0 Å². The molecule has 55 heavy (non-hydrogen) atoms. The Morgan fingerprint density at radius 3 is 1.22 bits per heavy atom. The standard InChI is InChI=1S/2C25H25.C2H5.2ClH.Zr/c2*1-15(2)20-13-23-17(4)16(3)18(5)25(24(23)14-20)22-12-8-10-19-9-6-7-11-21(19)22;1-2;;;/h2*6-15H,1-5H3;1H2,2H3;2*1H;/q;;;;;+2/p-2. The summed E-state index contributed by atoms with van der Waals surface area (Å²) in [7, 11) is 17.9. The Balaban J connectivity index is 1.46. The molecule has 0 heterocycles. The Morgan fingerprint density at radius 1 is 0.491 bits per heavy atom. The van der Waals surface area contributed by atoms with Gasteiger partial charge in [-0.1, -0.05) is 0 Å². The van der Waals surface area contributed by atoms with Gasteiger partial charge in [-0.15, -0.1) is 0 Å². The first kappa shape index (κ1) is 38.6. The van der Waals surface area contributed by atoms with E-state index in [1.807, 2.05) is 0 Å². The fraction of sp³-hybridized carbons (Fsp3) is 0.308. The Bertz CT molecular complexity index is 2460. The van der Waals surface area contributed by atoms with Gasteiger partial charge in [-0.25, -0.2) is 0 Å². The van der Waals surface area contributed by atoms with E-state index in [0.29, 0.717) is 0 Å². The molecule has 0 radical (unpaired) electrons. The van der Waals surface area contributed by atoms with Crippen molar-refractivity contribution in [2.45, 2.75) is 87.5 Å². The Kier molecular flexibility index (Phi) is 9.64. The molecule has 2 atom stereocenters. The molecule has 3 heteroatoms. The van der Waals surface area contributed by atoms with Crippen LogP contribution in [0.3, 0.4) is 0 Å². The van der Waals surface area contributed by atoms with Crippen LogP contribution in [0.25, 0.3) is 56.0 Å². The van der Waals surface area contributed by atoms with E-state index in [1.54, 1.807) is 0 Å². The van der Waals surface area contributed by atoms with E-state index in [4.69, 9.17) is 17.0 Å². The zero-order valence-electron chi connectivity index (χ0n) is 34.5.